The molecule has 0 aliphatic heterocycles. The topological polar surface area (TPSA) is 51.6 Å². The fourth-order valence-corrected chi connectivity index (χ4v) is 3.09. The van der Waals surface area contributed by atoms with Gasteiger partial charge >= 0.3 is 0 Å². The second kappa shape index (κ2) is 7.00. The highest BCUT2D eigenvalue weighted by atomic mass is 15.0. The lowest BCUT2D eigenvalue weighted by atomic mass is 9.98. The van der Waals surface area contributed by atoms with Crippen molar-refractivity contribution in [1.29, 1.82) is 5.26 Å². The van der Waals surface area contributed by atoms with Gasteiger partial charge in [-0.15, -0.1) is 0 Å². The Morgan fingerprint density at radius 1 is 0.692 bits per heavy atom. The molecule has 0 radical (unpaired) electrons. The first-order valence-corrected chi connectivity index (χ1v) is 8.46. The summed E-state index contributed by atoms with van der Waals surface area (Å²) in [5.41, 5.74) is 5.46. The first kappa shape index (κ1) is 15.7. The van der Waals surface area contributed by atoms with Crippen molar-refractivity contribution in [2.45, 2.75) is 0 Å². The third-order valence-corrected chi connectivity index (χ3v) is 4.28. The van der Waals surface area contributed by atoms with E-state index in [2.05, 4.69) is 16.4 Å². The molecule has 124 valence electrons. The molecule has 0 spiro atoms. The average molecular weight is 335 g/mol. The fraction of sp³-hybridized carbons (Fsp3) is 0. The fourth-order valence-electron chi connectivity index (χ4n) is 3.09. The highest BCUT2D eigenvalue weighted by molar-refractivity contribution is 5.91. The summed E-state index contributed by atoms with van der Waals surface area (Å²) in [6.07, 6.45) is 0. The van der Waals surface area contributed by atoms with Crippen LogP contribution in [0.25, 0.3) is 22.4 Å². The van der Waals surface area contributed by atoms with Gasteiger partial charge in [0, 0.05) is 11.3 Å². The zero-order valence-corrected chi connectivity index (χ0v) is 14.1. The van der Waals surface area contributed by atoms with Crippen LogP contribution in [0.4, 0.5) is 11.5 Å². The van der Waals surface area contributed by atoms with Gasteiger partial charge < -0.3 is 10.3 Å². The SMILES string of the molecule is N#Cc1c(Nc2ccccc2)[nH]c(-c2ccccc2)c1-c1ccccc1. The van der Waals surface area contributed by atoms with E-state index in [1.807, 2.05) is 91.0 Å². The van der Waals surface area contributed by atoms with Crippen LogP contribution in [0.5, 0.6) is 0 Å². The highest BCUT2D eigenvalue weighted by Crippen LogP contribution is 2.39. The minimum Gasteiger partial charge on any atom is -0.341 e. The molecule has 0 fully saturated rings. The van der Waals surface area contributed by atoms with Gasteiger partial charge in [0.25, 0.3) is 0 Å². The molecule has 1 aromatic heterocycles. The van der Waals surface area contributed by atoms with Crippen molar-refractivity contribution < 1.29 is 0 Å². The number of aromatic nitrogens is 1. The highest BCUT2D eigenvalue weighted by Gasteiger charge is 2.20. The van der Waals surface area contributed by atoms with Crippen LogP contribution in [0.2, 0.25) is 0 Å². The van der Waals surface area contributed by atoms with E-state index >= 15 is 0 Å². The van der Waals surface area contributed by atoms with Crippen LogP contribution in [-0.4, -0.2) is 4.98 Å². The number of nitriles is 1. The summed E-state index contributed by atoms with van der Waals surface area (Å²) in [4.78, 5) is 3.43. The van der Waals surface area contributed by atoms with E-state index in [0.29, 0.717) is 11.4 Å². The van der Waals surface area contributed by atoms with Crippen LogP contribution < -0.4 is 5.32 Å². The number of nitrogens with one attached hydrogen (secondary N) is 2. The second-order valence-electron chi connectivity index (χ2n) is 5.96. The van der Waals surface area contributed by atoms with Gasteiger partial charge in [-0.2, -0.15) is 5.26 Å². The van der Waals surface area contributed by atoms with Crippen LogP contribution in [0.3, 0.4) is 0 Å². The number of rotatable bonds is 4. The lowest BCUT2D eigenvalue weighted by Crippen LogP contribution is -1.92. The zero-order valence-electron chi connectivity index (χ0n) is 14.1. The van der Waals surface area contributed by atoms with Crippen molar-refractivity contribution in [2.75, 3.05) is 5.32 Å². The van der Waals surface area contributed by atoms with Crippen molar-refractivity contribution in [3.8, 4) is 28.5 Å². The third kappa shape index (κ3) is 2.97. The lowest BCUT2D eigenvalue weighted by Gasteiger charge is -2.05. The molecule has 3 nitrogen and oxygen atoms in total. The lowest BCUT2D eigenvalue weighted by molar-refractivity contribution is 1.36. The monoisotopic (exact) mass is 335 g/mol. The molecule has 0 unspecified atom stereocenters. The summed E-state index contributed by atoms with van der Waals surface area (Å²) in [7, 11) is 0. The molecule has 0 aliphatic rings. The van der Waals surface area contributed by atoms with Crippen molar-refractivity contribution in [2.24, 2.45) is 0 Å². The van der Waals surface area contributed by atoms with E-state index in [4.69, 9.17) is 0 Å². The van der Waals surface area contributed by atoms with E-state index in [9.17, 15) is 5.26 Å². The van der Waals surface area contributed by atoms with Crippen LogP contribution in [0, 0.1) is 11.3 Å². The molecule has 4 aromatic rings. The van der Waals surface area contributed by atoms with Crippen molar-refractivity contribution in [3.05, 3.63) is 96.6 Å². The summed E-state index contributed by atoms with van der Waals surface area (Å²) in [6.45, 7) is 0. The maximum absolute atomic E-state index is 9.89. The Morgan fingerprint density at radius 3 is 1.81 bits per heavy atom. The number of H-pyrrole nitrogens is 1. The Hall–Kier alpha value is -3.77. The van der Waals surface area contributed by atoms with Gasteiger partial charge in [0.15, 0.2) is 0 Å². The van der Waals surface area contributed by atoms with E-state index in [-0.39, 0.29) is 0 Å². The Balaban J connectivity index is 1.92. The third-order valence-electron chi connectivity index (χ3n) is 4.28. The van der Waals surface area contributed by atoms with Crippen LogP contribution in [-0.2, 0) is 0 Å². The van der Waals surface area contributed by atoms with E-state index < -0.39 is 0 Å². The summed E-state index contributed by atoms with van der Waals surface area (Å²) in [5.74, 6) is 0.705. The maximum atomic E-state index is 9.89. The quantitative estimate of drug-likeness (QED) is 0.483. The molecule has 1 heterocycles. The van der Waals surface area contributed by atoms with E-state index in [0.717, 1.165) is 28.1 Å². The van der Waals surface area contributed by atoms with Crippen LogP contribution >= 0.6 is 0 Å². The Morgan fingerprint density at radius 2 is 1.23 bits per heavy atom. The van der Waals surface area contributed by atoms with Crippen LogP contribution in [0.1, 0.15) is 5.56 Å². The number of anilines is 2. The molecule has 0 atom stereocenters. The van der Waals surface area contributed by atoms with Crippen molar-refractivity contribution in [1.82, 2.24) is 4.98 Å². The molecule has 0 saturated carbocycles. The number of hydrogen-bond acceptors (Lipinski definition) is 2. The summed E-state index contributed by atoms with van der Waals surface area (Å²) in [6, 6.07) is 32.3. The smallest absolute Gasteiger partial charge is 0.127 e. The predicted octanol–water partition coefficient (Wildman–Crippen LogP) is 5.96. The van der Waals surface area contributed by atoms with Gasteiger partial charge in [0.2, 0.25) is 0 Å². The molecule has 3 heteroatoms. The van der Waals surface area contributed by atoms with Crippen molar-refractivity contribution in [3.63, 3.8) is 0 Å². The second-order valence-corrected chi connectivity index (χ2v) is 5.96. The van der Waals surface area contributed by atoms with Gasteiger partial charge in [0.05, 0.1) is 5.69 Å². The van der Waals surface area contributed by atoms with E-state index in [1.165, 1.54) is 0 Å². The van der Waals surface area contributed by atoms with Gasteiger partial charge in [-0.05, 0) is 23.3 Å². The Kier molecular flexibility index (Phi) is 4.24. The van der Waals surface area contributed by atoms with Gasteiger partial charge in [-0.3, -0.25) is 0 Å². The molecule has 3 aromatic carbocycles. The molecule has 0 bridgehead atoms. The number of benzene rings is 3. The minimum atomic E-state index is 0.610. The minimum absolute atomic E-state index is 0.610. The number of hydrogen-bond donors (Lipinski definition) is 2. The summed E-state index contributed by atoms with van der Waals surface area (Å²) < 4.78 is 0. The van der Waals surface area contributed by atoms with Crippen LogP contribution in [0.15, 0.2) is 91.0 Å². The number of aromatic amines is 1. The first-order valence-electron chi connectivity index (χ1n) is 8.46. The zero-order chi connectivity index (χ0) is 17.8. The molecule has 4 rings (SSSR count). The van der Waals surface area contributed by atoms with Crippen molar-refractivity contribution >= 4 is 11.5 Å². The number of para-hydroxylation sites is 1. The number of nitrogens with zero attached hydrogens (tertiary/aromatic N) is 1. The molecule has 26 heavy (non-hydrogen) atoms. The largest absolute Gasteiger partial charge is 0.341 e. The molecular weight excluding hydrogens is 318 g/mol. The molecular formula is C23H17N3. The standard InChI is InChI=1S/C23H17N3/c24-16-20-21(17-10-4-1-5-11-17)22(18-12-6-2-7-13-18)26-23(20)25-19-14-8-3-9-15-19/h1-15,25-26H. The normalized spacial score (nSPS) is 10.3. The van der Waals surface area contributed by atoms with Gasteiger partial charge in [-0.25, -0.2) is 0 Å². The average Bonchev–Trinajstić information content (AvgIpc) is 3.08. The summed E-state index contributed by atoms with van der Waals surface area (Å²) >= 11 is 0. The van der Waals surface area contributed by atoms with Gasteiger partial charge in [0.1, 0.15) is 17.5 Å². The molecule has 2 N–H and O–H groups in total. The molecule has 0 aliphatic carbocycles. The molecule has 0 saturated heterocycles. The van der Waals surface area contributed by atoms with Gasteiger partial charge in [-0.1, -0.05) is 78.9 Å². The summed E-state index contributed by atoms with van der Waals surface area (Å²) in [5, 5.41) is 13.2. The predicted molar refractivity (Wildman–Crippen MR) is 106 cm³/mol. The first-order chi connectivity index (χ1) is 12.9. The Bertz CT molecular complexity index is 1040. The van der Waals surface area contributed by atoms with E-state index in [1.54, 1.807) is 0 Å². The molecule has 0 amide bonds. The Labute approximate surface area is 152 Å². The maximum Gasteiger partial charge on any atom is 0.127 e.